The van der Waals surface area contributed by atoms with Crippen LogP contribution in [-0.4, -0.2) is 29.2 Å². The second kappa shape index (κ2) is 7.80. The normalized spacial score (nSPS) is 13.6. The number of rotatable bonds is 4. The number of carbonyl (C=O) groups is 1. The molecule has 1 N–H and O–H groups in total. The molecule has 1 aliphatic heterocycles. The standard InChI is InChI=1S/C23H24N4O/c1-16-5-10-20(15-17(16)2)24-23(28)19-8-6-18(7-9-19)21-11-12-22(26-25-21)27-13-3-4-14-27/h5-12,15H,3-4,13-14H2,1-2H3,(H,24,28). The molecule has 0 atom stereocenters. The molecule has 5 nitrogen and oxygen atoms in total. The van der Waals surface area contributed by atoms with E-state index in [1.165, 1.54) is 18.4 Å². The molecule has 1 aliphatic rings. The second-order valence-corrected chi connectivity index (χ2v) is 7.30. The first kappa shape index (κ1) is 18.2. The Hall–Kier alpha value is -3.21. The minimum atomic E-state index is -0.120. The molecule has 0 unspecified atom stereocenters. The number of amides is 1. The lowest BCUT2D eigenvalue weighted by molar-refractivity contribution is 0.102. The van der Waals surface area contributed by atoms with E-state index >= 15 is 0 Å². The van der Waals surface area contributed by atoms with Crippen LogP contribution < -0.4 is 10.2 Å². The van der Waals surface area contributed by atoms with Crippen molar-refractivity contribution in [1.82, 2.24) is 10.2 Å². The Morgan fingerprint density at radius 3 is 2.29 bits per heavy atom. The molecule has 0 radical (unpaired) electrons. The van der Waals surface area contributed by atoms with E-state index < -0.39 is 0 Å². The first-order valence-electron chi connectivity index (χ1n) is 9.68. The minimum Gasteiger partial charge on any atom is -0.355 e. The van der Waals surface area contributed by atoms with Gasteiger partial charge in [-0.2, -0.15) is 0 Å². The van der Waals surface area contributed by atoms with Gasteiger partial charge in [-0.05, 0) is 74.2 Å². The van der Waals surface area contributed by atoms with Crippen molar-refractivity contribution in [3.05, 3.63) is 71.3 Å². The Balaban J connectivity index is 1.45. The molecule has 0 spiro atoms. The molecule has 1 amide bonds. The van der Waals surface area contributed by atoms with Crippen molar-refractivity contribution in [1.29, 1.82) is 0 Å². The Morgan fingerprint density at radius 2 is 1.64 bits per heavy atom. The van der Waals surface area contributed by atoms with Gasteiger partial charge in [-0.1, -0.05) is 18.2 Å². The highest BCUT2D eigenvalue weighted by Gasteiger charge is 2.14. The second-order valence-electron chi connectivity index (χ2n) is 7.30. The number of nitrogens with one attached hydrogen (secondary N) is 1. The molecule has 4 rings (SSSR count). The molecule has 2 heterocycles. The molecule has 1 saturated heterocycles. The maximum atomic E-state index is 12.5. The van der Waals surface area contributed by atoms with Crippen molar-refractivity contribution in [3.63, 3.8) is 0 Å². The van der Waals surface area contributed by atoms with Gasteiger partial charge in [0, 0.05) is 29.9 Å². The number of anilines is 2. The quantitative estimate of drug-likeness (QED) is 0.726. The number of aryl methyl sites for hydroxylation is 2. The summed E-state index contributed by atoms with van der Waals surface area (Å²) in [6.07, 6.45) is 2.43. The first-order valence-corrected chi connectivity index (χ1v) is 9.68. The number of carbonyl (C=O) groups excluding carboxylic acids is 1. The SMILES string of the molecule is Cc1ccc(NC(=O)c2ccc(-c3ccc(N4CCCC4)nn3)cc2)cc1C. The Morgan fingerprint density at radius 1 is 0.893 bits per heavy atom. The fourth-order valence-corrected chi connectivity index (χ4v) is 3.41. The zero-order chi connectivity index (χ0) is 19.5. The summed E-state index contributed by atoms with van der Waals surface area (Å²) < 4.78 is 0. The summed E-state index contributed by atoms with van der Waals surface area (Å²) in [5.41, 5.74) is 5.54. The van der Waals surface area contributed by atoms with Crippen LogP contribution in [0.4, 0.5) is 11.5 Å². The average Bonchev–Trinajstić information content (AvgIpc) is 3.26. The van der Waals surface area contributed by atoms with Gasteiger partial charge in [0.2, 0.25) is 0 Å². The van der Waals surface area contributed by atoms with Gasteiger partial charge >= 0.3 is 0 Å². The van der Waals surface area contributed by atoms with E-state index in [2.05, 4.69) is 27.3 Å². The summed E-state index contributed by atoms with van der Waals surface area (Å²) in [6, 6.07) is 17.4. The van der Waals surface area contributed by atoms with Crippen molar-refractivity contribution in [3.8, 4) is 11.3 Å². The summed E-state index contributed by atoms with van der Waals surface area (Å²) in [7, 11) is 0. The monoisotopic (exact) mass is 372 g/mol. The van der Waals surface area contributed by atoms with Gasteiger partial charge in [0.15, 0.2) is 5.82 Å². The highest BCUT2D eigenvalue weighted by atomic mass is 16.1. The molecule has 142 valence electrons. The van der Waals surface area contributed by atoms with Crippen LogP contribution in [0, 0.1) is 13.8 Å². The smallest absolute Gasteiger partial charge is 0.255 e. The Kier molecular flexibility index (Phi) is 5.06. The number of aromatic nitrogens is 2. The van der Waals surface area contributed by atoms with Crippen LogP contribution in [-0.2, 0) is 0 Å². The van der Waals surface area contributed by atoms with E-state index in [9.17, 15) is 4.79 Å². The number of nitrogens with zero attached hydrogens (tertiary/aromatic N) is 3. The molecular weight excluding hydrogens is 348 g/mol. The number of benzene rings is 2. The molecule has 1 fully saturated rings. The van der Waals surface area contributed by atoms with Crippen LogP contribution in [0.5, 0.6) is 0 Å². The maximum absolute atomic E-state index is 12.5. The molecule has 0 aliphatic carbocycles. The van der Waals surface area contributed by atoms with Crippen LogP contribution in [0.2, 0.25) is 0 Å². The van der Waals surface area contributed by atoms with Gasteiger partial charge in [0.1, 0.15) is 0 Å². The lowest BCUT2D eigenvalue weighted by atomic mass is 10.1. The largest absolute Gasteiger partial charge is 0.355 e. The summed E-state index contributed by atoms with van der Waals surface area (Å²) >= 11 is 0. The van der Waals surface area contributed by atoms with Crippen molar-refractivity contribution in [2.24, 2.45) is 0 Å². The van der Waals surface area contributed by atoms with Crippen LogP contribution in [0.25, 0.3) is 11.3 Å². The predicted octanol–water partition coefficient (Wildman–Crippen LogP) is 4.61. The number of hydrogen-bond acceptors (Lipinski definition) is 4. The highest BCUT2D eigenvalue weighted by molar-refractivity contribution is 6.04. The van der Waals surface area contributed by atoms with Gasteiger partial charge < -0.3 is 10.2 Å². The van der Waals surface area contributed by atoms with Gasteiger partial charge in [-0.25, -0.2) is 0 Å². The van der Waals surface area contributed by atoms with Crippen LogP contribution >= 0.6 is 0 Å². The maximum Gasteiger partial charge on any atom is 0.255 e. The highest BCUT2D eigenvalue weighted by Crippen LogP contribution is 2.22. The van der Waals surface area contributed by atoms with Crippen molar-refractivity contribution in [2.75, 3.05) is 23.3 Å². The molecule has 1 aromatic heterocycles. The van der Waals surface area contributed by atoms with Crippen LogP contribution in [0.3, 0.4) is 0 Å². The Labute approximate surface area is 165 Å². The molecular formula is C23H24N4O. The van der Waals surface area contributed by atoms with Crippen molar-refractivity contribution in [2.45, 2.75) is 26.7 Å². The average molecular weight is 372 g/mol. The fraction of sp³-hybridized carbons (Fsp3) is 0.261. The molecule has 2 aromatic carbocycles. The number of hydrogen-bond donors (Lipinski definition) is 1. The summed E-state index contributed by atoms with van der Waals surface area (Å²) in [6.45, 7) is 6.20. The van der Waals surface area contributed by atoms with Crippen LogP contribution in [0.15, 0.2) is 54.6 Å². The Bertz CT molecular complexity index is 974. The van der Waals surface area contributed by atoms with Gasteiger partial charge in [0.05, 0.1) is 5.69 Å². The van der Waals surface area contributed by atoms with E-state index in [0.717, 1.165) is 41.4 Å². The zero-order valence-corrected chi connectivity index (χ0v) is 16.3. The van der Waals surface area contributed by atoms with E-state index in [-0.39, 0.29) is 5.91 Å². The van der Waals surface area contributed by atoms with Crippen LogP contribution in [0.1, 0.15) is 34.3 Å². The molecule has 28 heavy (non-hydrogen) atoms. The minimum absolute atomic E-state index is 0.120. The lowest BCUT2D eigenvalue weighted by Gasteiger charge is -2.15. The van der Waals surface area contributed by atoms with E-state index in [4.69, 9.17) is 0 Å². The predicted molar refractivity (Wildman–Crippen MR) is 113 cm³/mol. The molecule has 0 saturated carbocycles. The molecule has 0 bridgehead atoms. The van der Waals surface area contributed by atoms with E-state index in [0.29, 0.717) is 5.56 Å². The van der Waals surface area contributed by atoms with Gasteiger partial charge in [-0.15, -0.1) is 10.2 Å². The third-order valence-corrected chi connectivity index (χ3v) is 5.29. The summed E-state index contributed by atoms with van der Waals surface area (Å²) in [5, 5.41) is 11.7. The van der Waals surface area contributed by atoms with E-state index in [1.807, 2.05) is 61.5 Å². The van der Waals surface area contributed by atoms with Crippen molar-refractivity contribution < 1.29 is 4.79 Å². The van der Waals surface area contributed by atoms with Gasteiger partial charge in [-0.3, -0.25) is 4.79 Å². The van der Waals surface area contributed by atoms with Crippen molar-refractivity contribution >= 4 is 17.4 Å². The van der Waals surface area contributed by atoms with Gasteiger partial charge in [0.25, 0.3) is 5.91 Å². The fourth-order valence-electron chi connectivity index (χ4n) is 3.41. The lowest BCUT2D eigenvalue weighted by Crippen LogP contribution is -2.19. The third kappa shape index (κ3) is 3.88. The zero-order valence-electron chi connectivity index (χ0n) is 16.3. The molecule has 3 aromatic rings. The third-order valence-electron chi connectivity index (χ3n) is 5.29. The first-order chi connectivity index (χ1) is 13.6. The topological polar surface area (TPSA) is 58.1 Å². The summed E-state index contributed by atoms with van der Waals surface area (Å²) in [5.74, 6) is 0.816. The summed E-state index contributed by atoms with van der Waals surface area (Å²) in [4.78, 5) is 14.8. The molecule has 5 heteroatoms. The van der Waals surface area contributed by atoms with E-state index in [1.54, 1.807) is 0 Å².